The first-order valence-electron chi connectivity index (χ1n) is 9.27. The van der Waals surface area contributed by atoms with Crippen LogP contribution in [0.1, 0.15) is 47.6 Å². The number of carbonyl (C=O) groups is 1. The molecule has 0 aliphatic rings. The second-order valence-corrected chi connectivity index (χ2v) is 6.86. The molecule has 2 aromatic carbocycles. The van der Waals surface area contributed by atoms with E-state index >= 15 is 0 Å². The van der Waals surface area contributed by atoms with Crippen LogP contribution in [-0.4, -0.2) is 12.0 Å². The number of carbonyl (C=O) groups excluding carboxylic acids is 1. The van der Waals surface area contributed by atoms with Crippen molar-refractivity contribution in [3.05, 3.63) is 64.2 Å². The van der Waals surface area contributed by atoms with E-state index in [4.69, 9.17) is 10.00 Å². The van der Waals surface area contributed by atoms with Crippen LogP contribution in [0.5, 0.6) is 5.75 Å². The number of halogens is 3. The summed E-state index contributed by atoms with van der Waals surface area (Å²) < 4.78 is 45.0. The Balaban J connectivity index is 2.15. The summed E-state index contributed by atoms with van der Waals surface area (Å²) >= 11 is 0. The first kappa shape index (κ1) is 22.3. The molecule has 0 saturated heterocycles. The lowest BCUT2D eigenvalue weighted by molar-refractivity contribution is -0.137. The van der Waals surface area contributed by atoms with Gasteiger partial charge in [-0.2, -0.15) is 18.4 Å². The van der Waals surface area contributed by atoms with Gasteiger partial charge in [-0.05, 0) is 49.6 Å². The zero-order chi connectivity index (χ0) is 21.6. The van der Waals surface area contributed by atoms with Crippen molar-refractivity contribution < 1.29 is 22.7 Å². The number of hydrogen-bond acceptors (Lipinski definition) is 3. The van der Waals surface area contributed by atoms with Crippen LogP contribution in [0.3, 0.4) is 0 Å². The van der Waals surface area contributed by atoms with E-state index in [0.29, 0.717) is 19.4 Å². The summed E-state index contributed by atoms with van der Waals surface area (Å²) in [7, 11) is 0. The average Bonchev–Trinajstić information content (AvgIpc) is 2.66. The first-order chi connectivity index (χ1) is 13.7. The van der Waals surface area contributed by atoms with Crippen LogP contribution >= 0.6 is 0 Å². The van der Waals surface area contributed by atoms with Crippen LogP contribution < -0.4 is 10.1 Å². The van der Waals surface area contributed by atoms with Crippen LogP contribution in [0.15, 0.2) is 36.4 Å². The van der Waals surface area contributed by atoms with Crippen molar-refractivity contribution in [2.45, 2.75) is 52.4 Å². The van der Waals surface area contributed by atoms with Crippen molar-refractivity contribution in [2.24, 2.45) is 0 Å². The third-order valence-electron chi connectivity index (χ3n) is 4.49. The summed E-state index contributed by atoms with van der Waals surface area (Å²) in [5.41, 5.74) is 1.54. The van der Waals surface area contributed by atoms with Crippen molar-refractivity contribution in [1.82, 2.24) is 5.32 Å². The zero-order valence-electron chi connectivity index (χ0n) is 16.6. The quantitative estimate of drug-likeness (QED) is 0.702. The number of alkyl halides is 3. The fraction of sp³-hybridized carbons (Fsp3) is 0.364. The van der Waals surface area contributed by atoms with Gasteiger partial charge in [0, 0.05) is 6.54 Å². The number of amides is 1. The Morgan fingerprint density at radius 2 is 1.93 bits per heavy atom. The van der Waals surface area contributed by atoms with Gasteiger partial charge in [0.15, 0.2) is 6.10 Å². The second kappa shape index (κ2) is 9.46. The SMILES string of the molecule is CCCC(Oc1ccc(C#N)c(C(F)(F)F)c1)C(=O)NCc1ccc(C)cc1C. The van der Waals surface area contributed by atoms with Crippen molar-refractivity contribution >= 4 is 5.91 Å². The number of benzene rings is 2. The van der Waals surface area contributed by atoms with Gasteiger partial charge >= 0.3 is 6.18 Å². The third-order valence-corrected chi connectivity index (χ3v) is 4.49. The van der Waals surface area contributed by atoms with Gasteiger partial charge < -0.3 is 10.1 Å². The molecule has 1 atom stereocenters. The highest BCUT2D eigenvalue weighted by atomic mass is 19.4. The lowest BCUT2D eigenvalue weighted by atomic mass is 10.1. The summed E-state index contributed by atoms with van der Waals surface area (Å²) in [5.74, 6) is -0.499. The minimum atomic E-state index is -4.68. The Labute approximate surface area is 168 Å². The minimum absolute atomic E-state index is 0.101. The van der Waals surface area contributed by atoms with Crippen molar-refractivity contribution in [1.29, 1.82) is 5.26 Å². The molecule has 1 amide bonds. The molecule has 1 unspecified atom stereocenters. The molecule has 7 heteroatoms. The van der Waals surface area contributed by atoms with Crippen LogP contribution in [0.25, 0.3) is 0 Å². The summed E-state index contributed by atoms with van der Waals surface area (Å²) in [6.45, 7) is 6.08. The van der Waals surface area contributed by atoms with E-state index < -0.39 is 29.3 Å². The number of nitrogens with zero attached hydrogens (tertiary/aromatic N) is 1. The van der Waals surface area contributed by atoms with Gasteiger partial charge in [0.05, 0.1) is 17.2 Å². The number of aryl methyl sites for hydroxylation is 2. The van der Waals surface area contributed by atoms with Crippen molar-refractivity contribution in [3.8, 4) is 11.8 Å². The zero-order valence-corrected chi connectivity index (χ0v) is 16.6. The molecule has 0 aliphatic heterocycles. The summed E-state index contributed by atoms with van der Waals surface area (Å²) in [5, 5.41) is 11.7. The Bertz CT molecular complexity index is 917. The molecular formula is C22H23F3N2O2. The van der Waals surface area contributed by atoms with Crippen molar-refractivity contribution in [2.75, 3.05) is 0 Å². The van der Waals surface area contributed by atoms with E-state index in [0.717, 1.165) is 28.8 Å². The maximum absolute atomic E-state index is 13.1. The number of ether oxygens (including phenoxy) is 1. The molecule has 0 fully saturated rings. The van der Waals surface area contributed by atoms with E-state index in [2.05, 4.69) is 5.32 Å². The largest absolute Gasteiger partial charge is 0.481 e. The second-order valence-electron chi connectivity index (χ2n) is 6.86. The predicted molar refractivity (Wildman–Crippen MR) is 103 cm³/mol. The number of rotatable bonds is 7. The monoisotopic (exact) mass is 404 g/mol. The Hall–Kier alpha value is -3.01. The third kappa shape index (κ3) is 5.98. The molecule has 0 saturated carbocycles. The molecule has 0 radical (unpaired) electrons. The van der Waals surface area contributed by atoms with Crippen LogP contribution in [-0.2, 0) is 17.5 Å². The topological polar surface area (TPSA) is 62.1 Å². The molecule has 0 aromatic heterocycles. The average molecular weight is 404 g/mol. The number of hydrogen-bond donors (Lipinski definition) is 1. The number of nitriles is 1. The molecule has 29 heavy (non-hydrogen) atoms. The Morgan fingerprint density at radius 1 is 1.21 bits per heavy atom. The molecular weight excluding hydrogens is 381 g/mol. The molecule has 4 nitrogen and oxygen atoms in total. The molecule has 154 valence electrons. The Morgan fingerprint density at radius 3 is 2.52 bits per heavy atom. The lowest BCUT2D eigenvalue weighted by Crippen LogP contribution is -2.38. The van der Waals surface area contributed by atoms with E-state index in [9.17, 15) is 18.0 Å². The normalized spacial score (nSPS) is 12.2. The standard InChI is InChI=1S/C22H23F3N2O2/c1-4-5-20(21(28)27-13-17-7-6-14(2)10-15(17)3)29-18-9-8-16(12-26)19(11-18)22(23,24)25/h6-11,20H,4-5,13H2,1-3H3,(H,27,28). The van der Waals surface area contributed by atoms with Gasteiger partial charge in [0.25, 0.3) is 5.91 Å². The van der Waals surface area contributed by atoms with Crippen LogP contribution in [0.2, 0.25) is 0 Å². The summed E-state index contributed by atoms with van der Waals surface area (Å²) in [6.07, 6.45) is -4.65. The fourth-order valence-corrected chi connectivity index (χ4v) is 2.94. The van der Waals surface area contributed by atoms with Crippen molar-refractivity contribution in [3.63, 3.8) is 0 Å². The van der Waals surface area contributed by atoms with E-state index in [-0.39, 0.29) is 5.75 Å². The molecule has 0 spiro atoms. The highest BCUT2D eigenvalue weighted by Gasteiger charge is 2.34. The van der Waals surface area contributed by atoms with E-state index in [1.165, 1.54) is 12.1 Å². The smallest absolute Gasteiger partial charge is 0.417 e. The van der Waals surface area contributed by atoms with Gasteiger partial charge in [-0.15, -0.1) is 0 Å². The van der Waals surface area contributed by atoms with Gasteiger partial charge in [0.2, 0.25) is 0 Å². The van der Waals surface area contributed by atoms with Gasteiger partial charge in [-0.25, -0.2) is 0 Å². The molecule has 1 N–H and O–H groups in total. The molecule has 0 bridgehead atoms. The molecule has 0 heterocycles. The van der Waals surface area contributed by atoms with Crippen LogP contribution in [0.4, 0.5) is 13.2 Å². The minimum Gasteiger partial charge on any atom is -0.481 e. The predicted octanol–water partition coefficient (Wildman–Crippen LogP) is 5.06. The lowest BCUT2D eigenvalue weighted by Gasteiger charge is -2.20. The molecule has 2 aromatic rings. The van der Waals surface area contributed by atoms with Crippen LogP contribution in [0, 0.1) is 25.2 Å². The van der Waals surface area contributed by atoms with E-state index in [1.54, 1.807) is 0 Å². The summed E-state index contributed by atoms with van der Waals surface area (Å²) in [4.78, 5) is 12.6. The van der Waals surface area contributed by atoms with E-state index in [1.807, 2.05) is 39.0 Å². The fourth-order valence-electron chi connectivity index (χ4n) is 2.94. The maximum Gasteiger partial charge on any atom is 0.417 e. The highest BCUT2D eigenvalue weighted by molar-refractivity contribution is 5.81. The van der Waals surface area contributed by atoms with Gasteiger partial charge in [-0.1, -0.05) is 37.1 Å². The summed E-state index contributed by atoms with van der Waals surface area (Å²) in [6, 6.07) is 10.5. The van der Waals surface area contributed by atoms with Gasteiger partial charge in [-0.3, -0.25) is 4.79 Å². The highest BCUT2D eigenvalue weighted by Crippen LogP contribution is 2.34. The Kier molecular flexibility index (Phi) is 7.27. The molecule has 0 aliphatic carbocycles. The maximum atomic E-state index is 13.1. The van der Waals surface area contributed by atoms with Gasteiger partial charge in [0.1, 0.15) is 5.75 Å². The first-order valence-corrected chi connectivity index (χ1v) is 9.27. The molecule has 2 rings (SSSR count). The number of nitrogens with one attached hydrogen (secondary N) is 1.